The average Bonchev–Trinajstić information content (AvgIpc) is 0.729. The van der Waals surface area contributed by atoms with Crippen LogP contribution in [0.1, 0.15) is 42.0 Å². The molecule has 4 heterocycles. The first kappa shape index (κ1) is 54.9. The highest BCUT2D eigenvalue weighted by atomic mass is 15.2. The normalized spacial score (nSPS) is 12.0. The molecule has 0 aliphatic carbocycles. The maximum absolute atomic E-state index is 10.6. The van der Waals surface area contributed by atoms with Gasteiger partial charge in [-0.2, -0.15) is 15.8 Å². The summed E-state index contributed by atoms with van der Waals surface area (Å²) >= 11 is 0. The Morgan fingerprint density at radius 2 is 0.783 bits per heavy atom. The van der Waals surface area contributed by atoms with Crippen LogP contribution in [-0.2, 0) is 6.42 Å². The second-order valence-electron chi connectivity index (χ2n) is 23.5. The monoisotopic (exact) mass is 1180 g/mol. The quantitative estimate of drug-likeness (QED) is 0.111. The van der Waals surface area contributed by atoms with Gasteiger partial charge in [0.2, 0.25) is 0 Å². The minimum Gasteiger partial charge on any atom is -0.311 e. The molecule has 0 amide bonds. The van der Waals surface area contributed by atoms with Gasteiger partial charge in [-0.25, -0.2) is 15.0 Å². The van der Waals surface area contributed by atoms with Gasteiger partial charge in [0.15, 0.2) is 17.5 Å². The van der Waals surface area contributed by atoms with E-state index in [1.165, 1.54) is 5.56 Å². The molecule has 14 aromatic rings. The Morgan fingerprint density at radius 3 is 1.27 bits per heavy atom. The molecular formula is C82H54BN9. The SMILES string of the molecule is CCCCc1ccc2c(c1)c1cc(-c3cc4c5c(c3)N(c3ccc(-c6ccccc6)cc3)c3ccc(C#N)cc3B5c3cc(C#N)ccc3N4c3ccc(-c4ccccc4)cc3)ccc1n2-c1ccc(C#N)cc1-c1nc(-c2ccccc2)nc(-c2ccccc2)n1. The molecule has 0 saturated carbocycles. The molecule has 0 spiro atoms. The van der Waals surface area contributed by atoms with Gasteiger partial charge in [0.1, 0.15) is 0 Å². The van der Waals surface area contributed by atoms with Gasteiger partial charge in [-0.15, -0.1) is 0 Å². The average molecular weight is 1180 g/mol. The lowest BCUT2D eigenvalue weighted by Crippen LogP contribution is -2.61. The fourth-order valence-electron chi connectivity index (χ4n) is 13.7. The van der Waals surface area contributed by atoms with Crippen LogP contribution in [0.15, 0.2) is 273 Å². The van der Waals surface area contributed by atoms with Crippen LogP contribution in [0.3, 0.4) is 0 Å². The minimum atomic E-state index is -0.346. The predicted molar refractivity (Wildman–Crippen MR) is 374 cm³/mol. The Bertz CT molecular complexity index is 5130. The van der Waals surface area contributed by atoms with Crippen molar-refractivity contribution in [1.29, 1.82) is 15.8 Å². The maximum atomic E-state index is 10.6. The third-order valence-electron chi connectivity index (χ3n) is 18.1. The van der Waals surface area contributed by atoms with Crippen molar-refractivity contribution >= 4 is 79.0 Å². The molecule has 12 aromatic carbocycles. The summed E-state index contributed by atoms with van der Waals surface area (Å²) in [5, 5.41) is 34.0. The zero-order valence-corrected chi connectivity index (χ0v) is 50.2. The molecule has 0 saturated heterocycles. The summed E-state index contributed by atoms with van der Waals surface area (Å²) in [6.07, 6.45) is 3.06. The van der Waals surface area contributed by atoms with Gasteiger partial charge in [0.05, 0.1) is 51.6 Å². The van der Waals surface area contributed by atoms with E-state index in [2.05, 4.69) is 197 Å². The molecule has 0 bridgehead atoms. The van der Waals surface area contributed by atoms with Crippen molar-refractivity contribution in [3.63, 3.8) is 0 Å². The van der Waals surface area contributed by atoms with Gasteiger partial charge < -0.3 is 14.4 Å². The highest BCUT2D eigenvalue weighted by Crippen LogP contribution is 2.48. The molecule has 0 unspecified atom stereocenters. The van der Waals surface area contributed by atoms with Crippen molar-refractivity contribution in [2.24, 2.45) is 0 Å². The molecule has 0 atom stereocenters. The number of rotatable bonds is 12. The molecule has 2 aromatic heterocycles. The molecule has 16 rings (SSSR count). The van der Waals surface area contributed by atoms with Crippen LogP contribution in [0.2, 0.25) is 0 Å². The van der Waals surface area contributed by atoms with Gasteiger partial charge in [-0.05, 0) is 183 Å². The standard InChI is InChI=1S/C82H54BN9/c1-2-3-16-53-25-38-72-67(43-53)68-47-63(33-42-73(68)92(72)74-39-26-54(50-84)44-69(74)82-88-80(61-21-12-6-13-22-61)87-81(89-82)62-23-14-7-15-24-62)64-48-77-79-78(49-64)91(66-36-31-60(32-37-66)58-19-10-5-11-20-58)76-41-28-56(52-86)46-71(76)83(79)70-45-55(51-85)27-40-75(70)90(77)65-34-29-59(30-35-65)57-17-8-4-9-18-57/h4-15,17-49H,2-3,16H2,1H3. The van der Waals surface area contributed by atoms with Crippen LogP contribution >= 0.6 is 0 Å². The highest BCUT2D eigenvalue weighted by molar-refractivity contribution is 7.00. The number of hydrogen-bond acceptors (Lipinski definition) is 8. The second-order valence-corrected chi connectivity index (χ2v) is 23.5. The summed E-state index contributed by atoms with van der Waals surface area (Å²) in [5.41, 5.74) is 23.3. The summed E-state index contributed by atoms with van der Waals surface area (Å²) in [5.74, 6) is 1.51. The van der Waals surface area contributed by atoms with Gasteiger partial charge in [-0.1, -0.05) is 171 Å². The van der Waals surface area contributed by atoms with Crippen LogP contribution in [0.4, 0.5) is 34.1 Å². The van der Waals surface area contributed by atoms with E-state index in [0.29, 0.717) is 39.7 Å². The van der Waals surface area contributed by atoms with Crippen LogP contribution in [0, 0.1) is 34.0 Å². The molecule has 0 fully saturated rings. The van der Waals surface area contributed by atoms with Crippen molar-refractivity contribution < 1.29 is 0 Å². The first-order chi connectivity index (χ1) is 45.4. The molecule has 2 aliphatic heterocycles. The molecule has 10 heteroatoms. The number of benzene rings is 12. The number of aryl methyl sites for hydroxylation is 1. The van der Waals surface area contributed by atoms with E-state index in [-0.39, 0.29) is 6.71 Å². The summed E-state index contributed by atoms with van der Waals surface area (Å²) in [6.45, 7) is 1.89. The minimum absolute atomic E-state index is 0.346. The summed E-state index contributed by atoms with van der Waals surface area (Å²) in [7, 11) is 0. The number of nitriles is 3. The number of hydrogen-bond donors (Lipinski definition) is 0. The van der Waals surface area contributed by atoms with E-state index < -0.39 is 0 Å². The Morgan fingerprint density at radius 1 is 0.359 bits per heavy atom. The fraction of sp³-hybridized carbons (Fsp3) is 0.0488. The molecule has 0 radical (unpaired) electrons. The summed E-state index contributed by atoms with van der Waals surface area (Å²) in [6, 6.07) is 102. The van der Waals surface area contributed by atoms with Crippen molar-refractivity contribution in [2.45, 2.75) is 26.2 Å². The van der Waals surface area contributed by atoms with Gasteiger partial charge in [0, 0.05) is 61.6 Å². The van der Waals surface area contributed by atoms with Crippen molar-refractivity contribution in [1.82, 2.24) is 19.5 Å². The zero-order chi connectivity index (χ0) is 61.8. The van der Waals surface area contributed by atoms with E-state index in [1.54, 1.807) is 0 Å². The Labute approximate surface area is 534 Å². The summed E-state index contributed by atoms with van der Waals surface area (Å²) < 4.78 is 2.31. The third kappa shape index (κ3) is 9.52. The maximum Gasteiger partial charge on any atom is 0.252 e. The fourth-order valence-corrected chi connectivity index (χ4v) is 13.7. The molecule has 9 nitrogen and oxygen atoms in total. The van der Waals surface area contributed by atoms with E-state index in [4.69, 9.17) is 15.0 Å². The lowest BCUT2D eigenvalue weighted by Gasteiger charge is -2.44. The lowest BCUT2D eigenvalue weighted by atomic mass is 9.33. The van der Waals surface area contributed by atoms with Crippen LogP contribution in [-0.4, -0.2) is 26.2 Å². The Kier molecular flexibility index (Phi) is 13.7. The van der Waals surface area contributed by atoms with Gasteiger partial charge >= 0.3 is 0 Å². The summed E-state index contributed by atoms with van der Waals surface area (Å²) in [4.78, 5) is 20.2. The van der Waals surface area contributed by atoms with Crippen LogP contribution in [0.5, 0.6) is 0 Å². The van der Waals surface area contributed by atoms with Crippen molar-refractivity contribution in [3.8, 4) is 91.4 Å². The lowest BCUT2D eigenvalue weighted by molar-refractivity contribution is 0.796. The number of nitrogens with zero attached hydrogens (tertiary/aromatic N) is 9. The topological polar surface area (TPSA) is 121 Å². The first-order valence-electron chi connectivity index (χ1n) is 31.1. The van der Waals surface area contributed by atoms with Crippen LogP contribution < -0.4 is 26.2 Å². The highest BCUT2D eigenvalue weighted by Gasteiger charge is 2.44. The molecule has 92 heavy (non-hydrogen) atoms. The molecule has 2 aliphatic rings. The van der Waals surface area contributed by atoms with Crippen molar-refractivity contribution in [3.05, 3.63) is 295 Å². The van der Waals surface area contributed by atoms with E-state index >= 15 is 0 Å². The van der Waals surface area contributed by atoms with Crippen molar-refractivity contribution in [2.75, 3.05) is 9.80 Å². The van der Waals surface area contributed by atoms with Gasteiger partial charge in [-0.3, -0.25) is 0 Å². The number of fused-ring (bicyclic) bond motifs is 7. The number of unbranched alkanes of at least 4 members (excludes halogenated alkanes) is 1. The van der Waals surface area contributed by atoms with E-state index in [1.807, 2.05) is 115 Å². The second kappa shape index (κ2) is 22.9. The van der Waals surface area contributed by atoms with E-state index in [0.717, 1.165) is 142 Å². The molecule has 0 N–H and O–H groups in total. The Hall–Kier alpha value is -12.4. The van der Waals surface area contributed by atoms with Crippen LogP contribution in [0.25, 0.3) is 95.0 Å². The zero-order valence-electron chi connectivity index (χ0n) is 50.2. The van der Waals surface area contributed by atoms with E-state index in [9.17, 15) is 15.8 Å². The number of anilines is 6. The predicted octanol–water partition coefficient (Wildman–Crippen LogP) is 18.0. The van der Waals surface area contributed by atoms with Gasteiger partial charge in [0.25, 0.3) is 6.71 Å². The molecular weight excluding hydrogens is 1120 g/mol. The number of aromatic nitrogens is 4. The Balaban J connectivity index is 0.948. The largest absolute Gasteiger partial charge is 0.311 e. The smallest absolute Gasteiger partial charge is 0.252 e. The third-order valence-corrected chi connectivity index (χ3v) is 18.1. The first-order valence-corrected chi connectivity index (χ1v) is 31.1. The molecule has 430 valence electrons.